The lowest BCUT2D eigenvalue weighted by atomic mass is 10.1. The van der Waals surface area contributed by atoms with Gasteiger partial charge in [-0.15, -0.1) is 0 Å². The fourth-order valence-corrected chi connectivity index (χ4v) is 1.77. The topological polar surface area (TPSA) is 168 Å². The number of hydrogen-bond donors (Lipinski definition) is 2. The Hall–Kier alpha value is -3.70. The number of hydrazone groups is 1. The minimum atomic E-state index is -0.775. The van der Waals surface area contributed by atoms with E-state index >= 15 is 0 Å². The van der Waals surface area contributed by atoms with Crippen molar-refractivity contribution in [3.63, 3.8) is 0 Å². The van der Waals surface area contributed by atoms with E-state index in [0.29, 0.717) is 5.75 Å². The predicted molar refractivity (Wildman–Crippen MR) is 73.0 cm³/mol. The van der Waals surface area contributed by atoms with Crippen molar-refractivity contribution in [3.8, 4) is 11.5 Å². The van der Waals surface area contributed by atoms with E-state index in [1.54, 1.807) is 0 Å². The van der Waals surface area contributed by atoms with Gasteiger partial charge in [-0.1, -0.05) is 0 Å². The van der Waals surface area contributed by atoms with Crippen molar-refractivity contribution in [2.75, 3.05) is 12.5 Å². The molecule has 0 unspecified atom stereocenters. The Morgan fingerprint density at radius 1 is 1.39 bits per heavy atom. The third kappa shape index (κ3) is 2.72. The van der Waals surface area contributed by atoms with E-state index in [2.05, 4.69) is 25.5 Å². The minimum absolute atomic E-state index is 0.0255. The molecule has 0 radical (unpaired) electrons. The third-order valence-electron chi connectivity index (χ3n) is 2.82. The lowest BCUT2D eigenvalue weighted by Gasteiger charge is -2.00. The molecule has 118 valence electrons. The number of amides is 1. The van der Waals surface area contributed by atoms with Crippen LogP contribution in [0.5, 0.6) is 11.5 Å². The summed E-state index contributed by atoms with van der Waals surface area (Å²) in [5.41, 5.74) is 7.07. The number of hydrogen-bond acceptors (Lipinski definition) is 10. The van der Waals surface area contributed by atoms with Crippen LogP contribution in [0.1, 0.15) is 16.1 Å². The van der Waals surface area contributed by atoms with Gasteiger partial charge in [-0.2, -0.15) is 5.10 Å². The standard InChI is InChI=1S/C11H8N6O6/c12-10-9(15-23-16-10)11(18)14-13-3-5-1-7-8(22-4-21-7)2-6(5)17(19)20/h1-3H,4H2,(H2,12,16)(H,14,18). The first-order valence-electron chi connectivity index (χ1n) is 6.05. The van der Waals surface area contributed by atoms with Gasteiger partial charge in [-0.25, -0.2) is 10.1 Å². The smallest absolute Gasteiger partial charge is 0.297 e. The summed E-state index contributed by atoms with van der Waals surface area (Å²) in [6, 6.07) is 2.59. The molecule has 0 fully saturated rings. The van der Waals surface area contributed by atoms with Crippen molar-refractivity contribution in [1.82, 2.24) is 15.7 Å². The maximum absolute atomic E-state index is 11.7. The summed E-state index contributed by atoms with van der Waals surface area (Å²) in [4.78, 5) is 22.1. The average molecular weight is 320 g/mol. The molecule has 1 aromatic heterocycles. The number of nitrogen functional groups attached to an aromatic ring is 1. The van der Waals surface area contributed by atoms with Gasteiger partial charge in [-0.05, 0) is 16.4 Å². The number of nitro groups is 1. The quantitative estimate of drug-likeness (QED) is 0.449. The molecular weight excluding hydrogens is 312 g/mol. The van der Waals surface area contributed by atoms with Crippen molar-refractivity contribution in [1.29, 1.82) is 0 Å². The number of carbonyl (C=O) groups excluding carboxylic acids is 1. The van der Waals surface area contributed by atoms with Gasteiger partial charge < -0.3 is 15.2 Å². The Morgan fingerprint density at radius 2 is 2.13 bits per heavy atom. The first-order valence-corrected chi connectivity index (χ1v) is 6.05. The van der Waals surface area contributed by atoms with Gasteiger partial charge in [0.05, 0.1) is 22.8 Å². The van der Waals surface area contributed by atoms with Crippen molar-refractivity contribution in [2.24, 2.45) is 5.10 Å². The molecule has 1 aliphatic rings. The number of nitrogens with one attached hydrogen (secondary N) is 1. The number of rotatable bonds is 4. The largest absolute Gasteiger partial charge is 0.454 e. The lowest BCUT2D eigenvalue weighted by Crippen LogP contribution is -2.19. The van der Waals surface area contributed by atoms with E-state index in [9.17, 15) is 14.9 Å². The maximum atomic E-state index is 11.7. The summed E-state index contributed by atoms with van der Waals surface area (Å²) < 4.78 is 14.5. The summed E-state index contributed by atoms with van der Waals surface area (Å²) in [6.07, 6.45) is 1.09. The van der Waals surface area contributed by atoms with Gasteiger partial charge in [0.15, 0.2) is 11.5 Å². The molecule has 1 amide bonds. The molecule has 3 N–H and O–H groups in total. The molecule has 0 bridgehead atoms. The summed E-state index contributed by atoms with van der Waals surface area (Å²) in [7, 11) is 0. The Morgan fingerprint density at radius 3 is 2.78 bits per heavy atom. The number of anilines is 1. The number of aromatic nitrogens is 2. The van der Waals surface area contributed by atoms with Gasteiger partial charge in [0.1, 0.15) is 0 Å². The Balaban J connectivity index is 1.81. The molecule has 0 saturated carbocycles. The van der Waals surface area contributed by atoms with Crippen LogP contribution in [0.4, 0.5) is 11.5 Å². The SMILES string of the molecule is Nc1nonc1C(=O)NN=Cc1cc2c(cc1[N+](=O)[O-])OCO2. The highest BCUT2D eigenvalue weighted by atomic mass is 16.7. The van der Waals surface area contributed by atoms with Gasteiger partial charge in [0.2, 0.25) is 18.3 Å². The molecule has 3 rings (SSSR count). The van der Waals surface area contributed by atoms with E-state index in [4.69, 9.17) is 15.2 Å². The summed E-state index contributed by atoms with van der Waals surface area (Å²) in [6.45, 7) is -0.0255. The fraction of sp³-hybridized carbons (Fsp3) is 0.0909. The molecule has 0 aliphatic carbocycles. The van der Waals surface area contributed by atoms with Crippen molar-refractivity contribution in [3.05, 3.63) is 33.5 Å². The zero-order chi connectivity index (χ0) is 16.4. The summed E-state index contributed by atoms with van der Waals surface area (Å²) in [5.74, 6) is -0.372. The second-order valence-electron chi connectivity index (χ2n) is 4.22. The van der Waals surface area contributed by atoms with Crippen LogP contribution in [-0.4, -0.2) is 34.2 Å². The number of ether oxygens (including phenoxy) is 2. The van der Waals surface area contributed by atoms with Gasteiger partial charge in [0, 0.05) is 0 Å². The van der Waals surface area contributed by atoms with Crippen LogP contribution in [0.15, 0.2) is 21.9 Å². The first-order chi connectivity index (χ1) is 11.1. The van der Waals surface area contributed by atoms with Crippen molar-refractivity contribution < 1.29 is 23.8 Å². The molecule has 2 aromatic rings. The van der Waals surface area contributed by atoms with E-state index in [0.717, 1.165) is 6.21 Å². The van der Waals surface area contributed by atoms with Crippen LogP contribution < -0.4 is 20.6 Å². The third-order valence-corrected chi connectivity index (χ3v) is 2.82. The molecule has 12 nitrogen and oxygen atoms in total. The molecule has 1 aromatic carbocycles. The van der Waals surface area contributed by atoms with Gasteiger partial charge >= 0.3 is 0 Å². The number of nitrogens with two attached hydrogens (primary N) is 1. The zero-order valence-electron chi connectivity index (χ0n) is 11.3. The minimum Gasteiger partial charge on any atom is -0.454 e. The van der Waals surface area contributed by atoms with Crippen molar-refractivity contribution >= 4 is 23.6 Å². The first kappa shape index (κ1) is 14.2. The van der Waals surface area contributed by atoms with Gasteiger partial charge in [-0.3, -0.25) is 14.9 Å². The molecular formula is C11H8N6O6. The predicted octanol–water partition coefficient (Wildman–Crippen LogP) is 0.0526. The van der Waals surface area contributed by atoms with Gasteiger partial charge in [0.25, 0.3) is 11.6 Å². The Kier molecular flexibility index (Phi) is 3.46. The summed E-state index contributed by atoms with van der Waals surface area (Å²) in [5, 5.41) is 21.2. The van der Waals surface area contributed by atoms with E-state index in [1.165, 1.54) is 12.1 Å². The molecule has 0 spiro atoms. The Bertz CT molecular complexity index is 815. The average Bonchev–Trinajstić information content (AvgIpc) is 3.14. The lowest BCUT2D eigenvalue weighted by molar-refractivity contribution is -0.385. The molecule has 1 aliphatic heterocycles. The molecule has 12 heteroatoms. The number of nitro benzene ring substituents is 1. The van der Waals surface area contributed by atoms with Crippen LogP contribution >= 0.6 is 0 Å². The van der Waals surface area contributed by atoms with Crippen LogP contribution in [0.25, 0.3) is 0 Å². The fourth-order valence-electron chi connectivity index (χ4n) is 1.77. The van der Waals surface area contributed by atoms with Crippen molar-refractivity contribution in [2.45, 2.75) is 0 Å². The van der Waals surface area contributed by atoms with E-state index in [1.807, 2.05) is 0 Å². The highest BCUT2D eigenvalue weighted by Crippen LogP contribution is 2.37. The number of nitrogens with zero attached hydrogens (tertiary/aromatic N) is 4. The van der Waals surface area contributed by atoms with Crippen LogP contribution in [0.2, 0.25) is 0 Å². The highest BCUT2D eigenvalue weighted by molar-refractivity contribution is 5.97. The molecule has 2 heterocycles. The van der Waals surface area contributed by atoms with Crippen LogP contribution in [0, 0.1) is 10.1 Å². The zero-order valence-corrected chi connectivity index (χ0v) is 11.3. The monoisotopic (exact) mass is 320 g/mol. The maximum Gasteiger partial charge on any atom is 0.297 e. The number of benzene rings is 1. The Labute approximate surface area is 127 Å². The number of carbonyl (C=O) groups is 1. The van der Waals surface area contributed by atoms with Crippen LogP contribution in [0.3, 0.4) is 0 Å². The second-order valence-corrected chi connectivity index (χ2v) is 4.22. The van der Waals surface area contributed by atoms with E-state index in [-0.39, 0.29) is 35.3 Å². The molecule has 0 atom stereocenters. The van der Waals surface area contributed by atoms with E-state index < -0.39 is 10.8 Å². The number of fused-ring (bicyclic) bond motifs is 1. The molecule has 23 heavy (non-hydrogen) atoms. The highest BCUT2D eigenvalue weighted by Gasteiger charge is 2.22. The normalized spacial score (nSPS) is 12.5. The summed E-state index contributed by atoms with van der Waals surface area (Å²) >= 11 is 0. The second kappa shape index (κ2) is 5.59. The molecule has 0 saturated heterocycles. The van der Waals surface area contributed by atoms with Crippen LogP contribution in [-0.2, 0) is 0 Å².